The first-order chi connectivity index (χ1) is 33.5. The number of ether oxygens (including phenoxy) is 1. The van der Waals surface area contributed by atoms with Gasteiger partial charge in [0.1, 0.15) is 29.5 Å². The van der Waals surface area contributed by atoms with Gasteiger partial charge in [0.05, 0.1) is 16.0 Å². The van der Waals surface area contributed by atoms with E-state index in [0.717, 1.165) is 68.7 Å². The topological polar surface area (TPSA) is 186 Å². The molecule has 2 N–H and O–H groups in total. The van der Waals surface area contributed by atoms with E-state index < -0.39 is 17.5 Å². The van der Waals surface area contributed by atoms with Crippen LogP contribution in [0.15, 0.2) is 65.5 Å². The van der Waals surface area contributed by atoms with Gasteiger partial charge < -0.3 is 24.8 Å². The average Bonchev–Trinajstić information content (AvgIpc) is 3.96. The molecule has 1 spiro atoms. The number of aromatic nitrogens is 3. The lowest BCUT2D eigenvalue weighted by atomic mass is 9.49. The summed E-state index contributed by atoms with van der Waals surface area (Å²) >= 11 is 6.28. The van der Waals surface area contributed by atoms with Gasteiger partial charge in [0.15, 0.2) is 0 Å². The Bertz CT molecular complexity index is 2860. The number of hydrogen-bond donors (Lipinski definition) is 2. The molecule has 5 saturated heterocycles. The lowest BCUT2D eigenvalue weighted by Crippen LogP contribution is -2.74. The molecule has 2 saturated carbocycles. The Morgan fingerprint density at radius 2 is 1.57 bits per heavy atom. The highest BCUT2D eigenvalue weighted by Gasteiger charge is 2.64. The van der Waals surface area contributed by atoms with Crippen LogP contribution in [0.25, 0.3) is 10.9 Å². The van der Waals surface area contributed by atoms with Crippen LogP contribution in [0.5, 0.6) is 5.75 Å². The van der Waals surface area contributed by atoms with E-state index in [-0.39, 0.29) is 59.5 Å². The number of likely N-dealkylation sites (tertiary alicyclic amines) is 2. The smallest absolute Gasteiger partial charge is 0.278 e. The fourth-order valence-corrected chi connectivity index (χ4v) is 14.1. The minimum atomic E-state index is -0.876. The molecule has 7 aliphatic rings. The van der Waals surface area contributed by atoms with Gasteiger partial charge in [-0.2, -0.15) is 9.94 Å². The van der Waals surface area contributed by atoms with Gasteiger partial charge in [0.25, 0.3) is 17.4 Å². The van der Waals surface area contributed by atoms with Crippen LogP contribution in [-0.4, -0.2) is 118 Å². The Hall–Kier alpha value is -6.05. The van der Waals surface area contributed by atoms with Crippen molar-refractivity contribution < 1.29 is 23.9 Å². The maximum Gasteiger partial charge on any atom is 0.278 e. The lowest BCUT2D eigenvalue weighted by molar-refractivity contribution is -0.164. The van der Waals surface area contributed by atoms with Gasteiger partial charge in [0.2, 0.25) is 11.8 Å². The van der Waals surface area contributed by atoms with E-state index in [1.165, 1.54) is 18.5 Å². The molecule has 11 rings (SSSR count). The van der Waals surface area contributed by atoms with E-state index in [2.05, 4.69) is 86.4 Å². The van der Waals surface area contributed by atoms with E-state index in [9.17, 15) is 29.2 Å². The van der Waals surface area contributed by atoms with Crippen LogP contribution in [0.4, 0.5) is 11.4 Å². The minimum absolute atomic E-state index is 0.0170. The monoisotopic (exact) mass is 968 g/mol. The van der Waals surface area contributed by atoms with E-state index >= 15 is 0 Å². The molecular weight excluding hydrogens is 908 g/mol. The molecular formula is C53H61ClN10O6. The quantitative estimate of drug-likeness (QED) is 0.191. The predicted octanol–water partition coefficient (Wildman–Crippen LogP) is 5.86. The van der Waals surface area contributed by atoms with E-state index in [0.29, 0.717) is 69.4 Å². The van der Waals surface area contributed by atoms with Crippen LogP contribution in [0.1, 0.15) is 107 Å². The van der Waals surface area contributed by atoms with E-state index in [1.807, 2.05) is 24.3 Å². The molecule has 2 bridgehead atoms. The number of anilines is 2. The lowest BCUT2D eigenvalue weighted by Gasteiger charge is -2.63. The number of nitrogens with one attached hydrogen (secondary N) is 2. The van der Waals surface area contributed by atoms with E-state index in [4.69, 9.17) is 16.3 Å². The average molecular weight is 970 g/mol. The van der Waals surface area contributed by atoms with Crippen molar-refractivity contribution in [3.05, 3.63) is 87.2 Å². The minimum Gasteiger partial charge on any atom is -0.489 e. The molecule has 366 valence electrons. The number of nitrogens with zero attached hydrogens (tertiary/aromatic N) is 8. The zero-order valence-corrected chi connectivity index (χ0v) is 41.1. The number of benzene rings is 3. The van der Waals surface area contributed by atoms with Crippen LogP contribution >= 0.6 is 11.6 Å². The summed E-state index contributed by atoms with van der Waals surface area (Å²) in [5.74, 6) is -0.132. The van der Waals surface area contributed by atoms with Crippen molar-refractivity contribution in [3.8, 4) is 11.8 Å². The molecule has 70 heavy (non-hydrogen) atoms. The molecule has 3 unspecified atom stereocenters. The number of amides is 4. The summed E-state index contributed by atoms with van der Waals surface area (Å²) in [6.07, 6.45) is 7.38. The zero-order chi connectivity index (χ0) is 48.9. The molecule has 4 aromatic rings. The largest absolute Gasteiger partial charge is 0.489 e. The van der Waals surface area contributed by atoms with Gasteiger partial charge in [-0.05, 0) is 111 Å². The molecule has 0 radical (unpaired) electrons. The molecule has 6 heterocycles. The van der Waals surface area contributed by atoms with Crippen molar-refractivity contribution in [2.24, 2.45) is 22.2 Å². The van der Waals surface area contributed by atoms with Gasteiger partial charge in [-0.25, -0.2) is 0 Å². The number of carbonyl (C=O) groups excluding carboxylic acids is 4. The van der Waals surface area contributed by atoms with Crippen LogP contribution in [0, 0.1) is 33.5 Å². The Morgan fingerprint density at radius 1 is 0.857 bits per heavy atom. The second-order valence-electron chi connectivity index (χ2n) is 22.4. The Balaban J connectivity index is 0.625. The predicted molar refractivity (Wildman–Crippen MR) is 264 cm³/mol. The third-order valence-electron chi connectivity index (χ3n) is 17.5. The summed E-state index contributed by atoms with van der Waals surface area (Å²) in [7, 11) is 0. The number of hydrogen-bond acceptors (Lipinski definition) is 12. The maximum atomic E-state index is 13.9. The van der Waals surface area contributed by atoms with Gasteiger partial charge >= 0.3 is 0 Å². The molecule has 4 amide bonds. The van der Waals surface area contributed by atoms with Crippen molar-refractivity contribution in [2.75, 3.05) is 49.1 Å². The number of rotatable bonds is 9. The fraction of sp³-hybridized carbons (Fsp3) is 0.547. The van der Waals surface area contributed by atoms with E-state index in [1.54, 1.807) is 24.3 Å². The zero-order valence-electron chi connectivity index (χ0n) is 40.3. The van der Waals surface area contributed by atoms with Crippen molar-refractivity contribution in [1.82, 2.24) is 35.4 Å². The Morgan fingerprint density at radius 3 is 2.23 bits per heavy atom. The number of piperazine rings is 1. The number of imide groups is 1. The number of halogens is 1. The van der Waals surface area contributed by atoms with Crippen LogP contribution in [0.2, 0.25) is 5.02 Å². The second-order valence-corrected chi connectivity index (χ2v) is 22.8. The van der Waals surface area contributed by atoms with Gasteiger partial charge in [0, 0.05) is 110 Å². The fourth-order valence-electron chi connectivity index (χ4n) is 13.9. The highest BCUT2D eigenvalue weighted by molar-refractivity contribution is 6.31. The summed E-state index contributed by atoms with van der Waals surface area (Å²) in [5.41, 5.74) is 2.75. The molecule has 3 aromatic carbocycles. The Labute approximate surface area is 412 Å². The molecule has 7 fully saturated rings. The molecule has 3 atom stereocenters. The normalized spacial score (nSPS) is 27.2. The first kappa shape index (κ1) is 46.3. The van der Waals surface area contributed by atoms with Crippen molar-refractivity contribution in [3.63, 3.8) is 0 Å². The summed E-state index contributed by atoms with van der Waals surface area (Å²) < 4.78 is 7.51. The van der Waals surface area contributed by atoms with Gasteiger partial charge in [-0.3, -0.25) is 34.2 Å². The summed E-state index contributed by atoms with van der Waals surface area (Å²) in [6, 6.07) is 21.4. The molecule has 1 aromatic heterocycles. The molecule has 2 aliphatic carbocycles. The van der Waals surface area contributed by atoms with Crippen molar-refractivity contribution in [1.29, 1.82) is 5.26 Å². The maximum absolute atomic E-state index is 13.9. The molecule has 16 nitrogen and oxygen atoms in total. The number of piperidine rings is 3. The second kappa shape index (κ2) is 17.4. The Kier molecular flexibility index (Phi) is 11.5. The first-order valence-corrected chi connectivity index (χ1v) is 25.5. The third kappa shape index (κ3) is 7.97. The van der Waals surface area contributed by atoms with Crippen molar-refractivity contribution >= 4 is 57.5 Å². The van der Waals surface area contributed by atoms with Crippen molar-refractivity contribution in [2.45, 2.75) is 122 Å². The summed E-state index contributed by atoms with van der Waals surface area (Å²) in [6.45, 7) is 13.6. The van der Waals surface area contributed by atoms with Crippen LogP contribution in [-0.2, 0) is 14.4 Å². The van der Waals surface area contributed by atoms with Crippen LogP contribution in [0.3, 0.4) is 0 Å². The third-order valence-corrected chi connectivity index (χ3v) is 17.8. The standard InChI is InChI=1S/C53H61ClN10O6/c1-51(2)49(52(3,4)50(51)70-39-11-7-33(28-55)41(54)25-39)57-45(66)31-5-8-34(9-6-31)62-29-37-23-36(62)30-63(37)38-26-53(27-38)17-21-61(22-18-53)47(68)32-15-19-60(20-16-32)35-10-12-42-40(24-35)48(69)64(59-58-42)43-13-14-44(65)56-46(43)67/h5-12,24-25,32,36-38,43,49-50H,13-23,26-27,29-30H2,1-4H3,(H,57,66)(H,56,65,67)/t36?,37?,43?,49-,50-. The van der Waals surface area contributed by atoms with Gasteiger partial charge in [-0.15, -0.1) is 5.10 Å². The summed E-state index contributed by atoms with van der Waals surface area (Å²) in [4.78, 5) is 74.8. The SMILES string of the molecule is CC1(C)[C@H](NC(=O)c2ccc(N3CC4CC3CN4C3CC4(CCN(C(=O)C5CCN(c6ccc7nnn(C8CCC(=O)NC8=O)c(=O)c7c6)CC5)CC4)C3)cc2)C(C)(C)[C@H]1Oc1ccc(C#N)c(Cl)c1. The number of nitriles is 1. The molecule has 5 aliphatic heterocycles. The molecule has 17 heteroatoms. The highest BCUT2D eigenvalue weighted by atomic mass is 35.5. The summed E-state index contributed by atoms with van der Waals surface area (Å²) in [5, 5.41) is 23.8. The number of carbonyl (C=O) groups is 4. The van der Waals surface area contributed by atoms with Gasteiger partial charge in [-0.1, -0.05) is 44.5 Å². The first-order valence-electron chi connectivity index (χ1n) is 25.1. The van der Waals surface area contributed by atoms with Crippen LogP contribution < -0.4 is 30.7 Å². The number of fused-ring (bicyclic) bond motifs is 3. The highest BCUT2D eigenvalue weighted by Crippen LogP contribution is 2.56.